The van der Waals surface area contributed by atoms with E-state index in [-0.39, 0.29) is 0 Å². The van der Waals surface area contributed by atoms with Crippen LogP contribution in [0.1, 0.15) is 0 Å². The molecule has 0 fully saturated rings. The Labute approximate surface area is 409 Å². The topological polar surface area (TPSA) is 57.0 Å². The van der Waals surface area contributed by atoms with Crippen LogP contribution in [-0.4, -0.2) is 14.5 Å². The molecule has 5 heteroatoms. The van der Waals surface area contributed by atoms with Gasteiger partial charge in [0.15, 0.2) is 11.2 Å². The summed E-state index contributed by atoms with van der Waals surface area (Å²) in [6, 6.07) is 87.6. The van der Waals surface area contributed by atoms with E-state index >= 15 is 0 Å². The molecule has 71 heavy (non-hydrogen) atoms. The lowest BCUT2D eigenvalue weighted by Gasteiger charge is -2.11. The Morgan fingerprint density at radius 3 is 1.14 bits per heavy atom. The van der Waals surface area contributed by atoms with E-state index in [9.17, 15) is 0 Å². The second-order valence-corrected chi connectivity index (χ2v) is 18.1. The van der Waals surface area contributed by atoms with E-state index in [0.717, 1.165) is 111 Å². The third-order valence-corrected chi connectivity index (χ3v) is 13.9. The van der Waals surface area contributed by atoms with Crippen LogP contribution in [0.2, 0.25) is 0 Å². The van der Waals surface area contributed by atoms with Crippen LogP contribution < -0.4 is 0 Å². The number of hydrogen-bond acceptors (Lipinski definition) is 4. The summed E-state index contributed by atoms with van der Waals surface area (Å²) in [4.78, 5) is 10.3. The molecule has 11 aromatic carbocycles. The highest BCUT2D eigenvalue weighted by atomic mass is 16.4. The first-order valence-electron chi connectivity index (χ1n) is 23.9. The van der Waals surface area contributed by atoms with Crippen molar-refractivity contribution in [1.29, 1.82) is 0 Å². The Morgan fingerprint density at radius 1 is 0.282 bits per heavy atom. The highest BCUT2D eigenvalue weighted by Gasteiger charge is 2.21. The van der Waals surface area contributed by atoms with Crippen molar-refractivity contribution in [2.24, 2.45) is 0 Å². The normalized spacial score (nSPS) is 11.7. The van der Waals surface area contributed by atoms with Crippen LogP contribution in [0.5, 0.6) is 0 Å². The summed E-state index contributed by atoms with van der Waals surface area (Å²) in [5.74, 6) is 1.12. The summed E-state index contributed by atoms with van der Waals surface area (Å²) in [5, 5.41) is 4.67. The molecular weight excluding hydrogens is 867 g/mol. The second kappa shape index (κ2) is 16.6. The molecule has 3 heterocycles. The van der Waals surface area contributed by atoms with Crippen LogP contribution in [-0.2, 0) is 0 Å². The first kappa shape index (κ1) is 40.5. The van der Waals surface area contributed by atoms with Gasteiger partial charge in [-0.3, -0.25) is 0 Å². The van der Waals surface area contributed by atoms with Crippen molar-refractivity contribution in [2.75, 3.05) is 0 Å². The number of aromatic nitrogens is 3. The van der Waals surface area contributed by atoms with E-state index in [1.807, 2.05) is 24.3 Å². The summed E-state index contributed by atoms with van der Waals surface area (Å²) in [5.41, 5.74) is 19.1. The Bertz CT molecular complexity index is 3930. The Balaban J connectivity index is 0.929. The Hall–Kier alpha value is -9.58. The first-order valence-corrected chi connectivity index (χ1v) is 23.9. The van der Waals surface area contributed by atoms with E-state index in [4.69, 9.17) is 18.8 Å². The highest BCUT2D eigenvalue weighted by molar-refractivity contribution is 6.11. The summed E-state index contributed by atoms with van der Waals surface area (Å²) in [7, 11) is 0. The van der Waals surface area contributed by atoms with Crippen molar-refractivity contribution in [3.05, 3.63) is 249 Å². The SMILES string of the molecule is c1ccc(-c2cc3nc(-c4ccc5c6ccc(-c7nc8cc(-c9ccccc9)c(-c9ccccc9)cc8o7)cc6n(-c6ccc(-c7ccc8ccccc8c7)cc6)c5c4)oc3cc2-c2ccccc2)cc1. The predicted octanol–water partition coefficient (Wildman–Crippen LogP) is 17.9. The lowest BCUT2D eigenvalue weighted by atomic mass is 9.94. The zero-order chi connectivity index (χ0) is 46.8. The summed E-state index contributed by atoms with van der Waals surface area (Å²) < 4.78 is 15.8. The smallest absolute Gasteiger partial charge is 0.227 e. The molecule has 0 aliphatic rings. The lowest BCUT2D eigenvalue weighted by molar-refractivity contribution is 0.619. The van der Waals surface area contributed by atoms with E-state index in [1.54, 1.807) is 0 Å². The Kier molecular flexibility index (Phi) is 9.46. The van der Waals surface area contributed by atoms with Crippen molar-refractivity contribution in [1.82, 2.24) is 14.5 Å². The third kappa shape index (κ3) is 7.10. The quantitative estimate of drug-likeness (QED) is 0.152. The molecule has 14 aromatic rings. The van der Waals surface area contributed by atoms with Crippen LogP contribution in [0.15, 0.2) is 258 Å². The molecule has 0 N–H and O–H groups in total. The first-order chi connectivity index (χ1) is 35.1. The van der Waals surface area contributed by atoms with Gasteiger partial charge in [-0.1, -0.05) is 182 Å². The molecule has 0 saturated heterocycles. The minimum absolute atomic E-state index is 0.562. The van der Waals surface area contributed by atoms with Crippen molar-refractivity contribution in [2.45, 2.75) is 0 Å². The second-order valence-electron chi connectivity index (χ2n) is 18.1. The molecule has 0 saturated carbocycles. The molecule has 0 aliphatic carbocycles. The van der Waals surface area contributed by atoms with Gasteiger partial charge in [-0.05, 0) is 133 Å². The minimum Gasteiger partial charge on any atom is -0.436 e. The predicted molar refractivity (Wildman–Crippen MR) is 291 cm³/mol. The fourth-order valence-electron chi connectivity index (χ4n) is 10.4. The highest BCUT2D eigenvalue weighted by Crippen LogP contribution is 2.42. The molecule has 3 aromatic heterocycles. The molecule has 0 bridgehead atoms. The zero-order valence-electron chi connectivity index (χ0n) is 38.3. The Morgan fingerprint density at radius 2 is 0.676 bits per heavy atom. The monoisotopic (exact) mass is 907 g/mol. The van der Waals surface area contributed by atoms with Crippen LogP contribution >= 0.6 is 0 Å². The van der Waals surface area contributed by atoms with E-state index in [0.29, 0.717) is 11.8 Å². The molecule has 0 aliphatic heterocycles. The average molecular weight is 908 g/mol. The number of fused-ring (bicyclic) bond motifs is 6. The number of rotatable bonds is 8. The fraction of sp³-hybridized carbons (Fsp3) is 0. The summed E-state index contributed by atoms with van der Waals surface area (Å²) >= 11 is 0. The average Bonchev–Trinajstić information content (AvgIpc) is 4.16. The molecule has 332 valence electrons. The molecule has 0 unspecified atom stereocenters. The number of oxazole rings is 2. The van der Waals surface area contributed by atoms with Crippen molar-refractivity contribution < 1.29 is 8.83 Å². The van der Waals surface area contributed by atoms with Gasteiger partial charge in [-0.15, -0.1) is 0 Å². The number of hydrogen-bond donors (Lipinski definition) is 0. The molecular formula is C66H41N3O2. The number of benzene rings is 11. The van der Waals surface area contributed by atoms with Crippen molar-refractivity contribution in [3.8, 4) is 84.2 Å². The summed E-state index contributed by atoms with van der Waals surface area (Å²) in [6.45, 7) is 0. The van der Waals surface area contributed by atoms with Crippen LogP contribution in [0.25, 0.3) is 139 Å². The van der Waals surface area contributed by atoms with Gasteiger partial charge in [0.1, 0.15) is 11.0 Å². The van der Waals surface area contributed by atoms with Crippen LogP contribution in [0.3, 0.4) is 0 Å². The molecule has 5 nitrogen and oxygen atoms in total. The molecule has 14 rings (SSSR count). The van der Waals surface area contributed by atoms with Crippen molar-refractivity contribution >= 4 is 54.8 Å². The van der Waals surface area contributed by atoms with Gasteiger partial charge < -0.3 is 13.4 Å². The summed E-state index contributed by atoms with van der Waals surface area (Å²) in [6.07, 6.45) is 0. The maximum atomic E-state index is 6.71. The van der Waals surface area contributed by atoms with Gasteiger partial charge in [-0.2, -0.15) is 0 Å². The maximum Gasteiger partial charge on any atom is 0.227 e. The molecule has 0 amide bonds. The van der Waals surface area contributed by atoms with E-state index in [1.165, 1.54) is 16.3 Å². The van der Waals surface area contributed by atoms with Gasteiger partial charge in [0.25, 0.3) is 0 Å². The largest absolute Gasteiger partial charge is 0.436 e. The fourth-order valence-corrected chi connectivity index (χ4v) is 10.4. The molecule has 0 spiro atoms. The van der Waals surface area contributed by atoms with Crippen LogP contribution in [0.4, 0.5) is 0 Å². The van der Waals surface area contributed by atoms with Gasteiger partial charge >= 0.3 is 0 Å². The number of nitrogens with zero attached hydrogens (tertiary/aromatic N) is 3. The van der Waals surface area contributed by atoms with Gasteiger partial charge in [0.05, 0.1) is 11.0 Å². The van der Waals surface area contributed by atoms with Gasteiger partial charge in [0, 0.05) is 27.6 Å². The van der Waals surface area contributed by atoms with Crippen molar-refractivity contribution in [3.63, 3.8) is 0 Å². The van der Waals surface area contributed by atoms with Crippen LogP contribution in [0, 0.1) is 0 Å². The van der Waals surface area contributed by atoms with E-state index in [2.05, 4.69) is 229 Å². The lowest BCUT2D eigenvalue weighted by Crippen LogP contribution is -1.94. The molecule has 0 atom stereocenters. The third-order valence-electron chi connectivity index (χ3n) is 13.9. The maximum absolute atomic E-state index is 6.71. The van der Waals surface area contributed by atoms with Gasteiger partial charge in [0.2, 0.25) is 11.8 Å². The minimum atomic E-state index is 0.562. The zero-order valence-corrected chi connectivity index (χ0v) is 38.3. The standard InChI is InChI=1S/C66H41N3O2/c1-5-16-44(17-6-1)55-38-59-63(40-57(55)46-20-9-3-10-21-46)70-65(67-59)50-29-33-53-54-34-30-51(66-68-60-39-56(45-18-7-2-8-19-45)58(41-64(60)71-66)47-22-11-4-12-23-47)37-62(54)69(61(53)36-50)52-31-27-43(28-32-52)49-26-25-42-15-13-14-24-48(42)35-49/h1-41H. The molecule has 0 radical (unpaired) electrons. The van der Waals surface area contributed by atoms with E-state index < -0.39 is 0 Å². The van der Waals surface area contributed by atoms with Gasteiger partial charge in [-0.25, -0.2) is 9.97 Å².